The Morgan fingerprint density at radius 2 is 1.86 bits per heavy atom. The summed E-state index contributed by atoms with van der Waals surface area (Å²) in [6.07, 6.45) is 5.34. The molecule has 0 radical (unpaired) electrons. The molecule has 9 nitrogen and oxygen atoms in total. The first kappa shape index (κ1) is 24.4. The molecule has 1 fully saturated rings. The first-order chi connectivity index (χ1) is 17.0. The van der Waals surface area contributed by atoms with Crippen LogP contribution in [-0.4, -0.2) is 49.1 Å². The van der Waals surface area contributed by atoms with Gasteiger partial charge in [-0.05, 0) is 43.5 Å². The van der Waals surface area contributed by atoms with Gasteiger partial charge in [0.15, 0.2) is 0 Å². The number of anilines is 3. The van der Waals surface area contributed by atoms with E-state index in [-0.39, 0.29) is 29.9 Å². The molecule has 5 rings (SSSR count). The number of methoxy groups -OCH3 is 1. The number of amides is 4. The van der Waals surface area contributed by atoms with Gasteiger partial charge in [-0.2, -0.15) is 0 Å². The zero-order valence-electron chi connectivity index (χ0n) is 19.5. The summed E-state index contributed by atoms with van der Waals surface area (Å²) >= 11 is 1.24. The van der Waals surface area contributed by atoms with Gasteiger partial charge in [-0.1, -0.05) is 24.8 Å². The van der Waals surface area contributed by atoms with E-state index in [4.69, 9.17) is 0 Å². The molecule has 3 heterocycles. The molecule has 2 aromatic heterocycles. The second-order valence-electron chi connectivity index (χ2n) is 8.16. The number of pyridine rings is 1. The number of urea groups is 1. The second-order valence-corrected chi connectivity index (χ2v) is 9.15. The van der Waals surface area contributed by atoms with Crippen molar-refractivity contribution in [3.8, 4) is 0 Å². The number of aromatic nitrogens is 1. The zero-order valence-corrected chi connectivity index (χ0v) is 20.4. The third-order valence-electron chi connectivity index (χ3n) is 5.81. The molecule has 4 amide bonds. The number of ether oxygens (including phenoxy) is 1. The number of thiophene rings is 1. The van der Waals surface area contributed by atoms with Crippen LogP contribution in [0, 0.1) is 0 Å². The Balaban J connectivity index is 0.000000917. The van der Waals surface area contributed by atoms with Crippen LogP contribution in [0.2, 0.25) is 0 Å². The number of rotatable bonds is 5. The van der Waals surface area contributed by atoms with Crippen molar-refractivity contribution in [2.24, 2.45) is 0 Å². The van der Waals surface area contributed by atoms with Crippen LogP contribution < -0.4 is 20.9 Å². The average molecular weight is 494 g/mol. The maximum atomic E-state index is 13.2. The fourth-order valence-corrected chi connectivity index (χ4v) is 5.38. The van der Waals surface area contributed by atoms with Crippen LogP contribution in [-0.2, 0) is 9.53 Å². The highest BCUT2D eigenvalue weighted by atomic mass is 32.1. The van der Waals surface area contributed by atoms with Gasteiger partial charge in [0.25, 0.3) is 5.91 Å². The maximum Gasteiger partial charge on any atom is 0.331 e. The van der Waals surface area contributed by atoms with E-state index in [1.807, 2.05) is 30.3 Å². The van der Waals surface area contributed by atoms with Gasteiger partial charge in [0.2, 0.25) is 5.91 Å². The predicted molar refractivity (Wildman–Crippen MR) is 137 cm³/mol. The molecule has 1 saturated carbocycles. The Hall–Kier alpha value is -3.76. The van der Waals surface area contributed by atoms with Crippen LogP contribution in [0.4, 0.5) is 21.9 Å². The van der Waals surface area contributed by atoms with E-state index in [0.29, 0.717) is 21.1 Å². The number of nitrogens with zero attached hydrogens (tertiary/aromatic N) is 2. The molecule has 35 heavy (non-hydrogen) atoms. The Morgan fingerprint density at radius 3 is 2.54 bits per heavy atom. The van der Waals surface area contributed by atoms with E-state index in [1.54, 1.807) is 31.4 Å². The first-order valence-corrected chi connectivity index (χ1v) is 12.0. The molecular formula is C25H27N5O4S. The third-order valence-corrected chi connectivity index (χ3v) is 6.91. The van der Waals surface area contributed by atoms with Gasteiger partial charge in [-0.15, -0.1) is 11.3 Å². The summed E-state index contributed by atoms with van der Waals surface area (Å²) in [5.74, 6) is -0.539. The lowest BCUT2D eigenvalue weighted by atomic mass is 10.1. The number of nitrogens with one attached hydrogen (secondary N) is 3. The number of hydrogen-bond donors (Lipinski definition) is 3. The minimum absolute atomic E-state index is 0.146. The Bertz CT molecular complexity index is 1260. The van der Waals surface area contributed by atoms with E-state index in [0.717, 1.165) is 30.3 Å². The van der Waals surface area contributed by atoms with E-state index in [9.17, 15) is 14.4 Å². The monoisotopic (exact) mass is 493 g/mol. The summed E-state index contributed by atoms with van der Waals surface area (Å²) < 4.78 is 4.25. The van der Waals surface area contributed by atoms with Gasteiger partial charge < -0.3 is 20.7 Å². The van der Waals surface area contributed by atoms with Crippen molar-refractivity contribution in [3.05, 3.63) is 60.1 Å². The molecule has 1 aromatic carbocycles. The van der Waals surface area contributed by atoms with Crippen LogP contribution in [0.15, 0.2) is 55.3 Å². The molecular weight excluding hydrogens is 466 g/mol. The van der Waals surface area contributed by atoms with Gasteiger partial charge >= 0.3 is 6.03 Å². The second kappa shape index (κ2) is 10.7. The highest BCUT2D eigenvalue weighted by molar-refractivity contribution is 7.21. The molecule has 10 heteroatoms. The molecule has 0 spiro atoms. The van der Waals surface area contributed by atoms with E-state index >= 15 is 0 Å². The van der Waals surface area contributed by atoms with Crippen LogP contribution in [0.25, 0.3) is 10.2 Å². The summed E-state index contributed by atoms with van der Waals surface area (Å²) in [4.78, 5) is 45.1. The van der Waals surface area contributed by atoms with Gasteiger partial charge in [0, 0.05) is 32.5 Å². The number of benzene rings is 1. The van der Waals surface area contributed by atoms with Crippen molar-refractivity contribution in [1.82, 2.24) is 15.6 Å². The zero-order chi connectivity index (χ0) is 24.9. The summed E-state index contributed by atoms with van der Waals surface area (Å²) in [5.41, 5.74) is 1.90. The Kier molecular flexibility index (Phi) is 7.42. The van der Waals surface area contributed by atoms with E-state index < -0.39 is 0 Å². The van der Waals surface area contributed by atoms with Gasteiger partial charge in [-0.25, -0.2) is 9.78 Å². The van der Waals surface area contributed by atoms with Crippen LogP contribution in [0.3, 0.4) is 0 Å². The molecule has 2 aliphatic rings. The molecule has 0 bridgehead atoms. The number of para-hydroxylation sites is 1. The largest absolute Gasteiger partial charge is 0.388 e. The summed E-state index contributed by atoms with van der Waals surface area (Å²) in [6, 6.07) is 10.5. The maximum absolute atomic E-state index is 13.2. The minimum Gasteiger partial charge on any atom is -0.388 e. The van der Waals surface area contributed by atoms with Crippen molar-refractivity contribution in [2.75, 3.05) is 24.4 Å². The van der Waals surface area contributed by atoms with Gasteiger partial charge in [0.05, 0.1) is 22.4 Å². The lowest BCUT2D eigenvalue weighted by Gasteiger charge is -2.28. The highest BCUT2D eigenvalue weighted by Gasteiger charge is 2.35. The van der Waals surface area contributed by atoms with Crippen molar-refractivity contribution in [3.63, 3.8) is 0 Å². The SMILES string of the molecule is C=CC(=O)NC1CCCC1NC(=O)c1sc2nccc3c2c1NC(=O)N3c1ccccc1.COC. The van der Waals surface area contributed by atoms with Crippen LogP contribution >= 0.6 is 11.3 Å². The summed E-state index contributed by atoms with van der Waals surface area (Å²) in [7, 11) is 3.25. The lowest BCUT2D eigenvalue weighted by Crippen LogP contribution is -2.48. The summed E-state index contributed by atoms with van der Waals surface area (Å²) in [5, 5.41) is 9.56. The molecule has 2 unspecified atom stereocenters. The molecule has 0 saturated heterocycles. The third kappa shape index (κ3) is 4.89. The average Bonchev–Trinajstić information content (AvgIpc) is 3.45. The fourth-order valence-electron chi connectivity index (χ4n) is 4.36. The molecule has 3 N–H and O–H groups in total. The molecule has 1 aliphatic heterocycles. The summed E-state index contributed by atoms with van der Waals surface area (Å²) in [6.45, 7) is 3.48. The van der Waals surface area contributed by atoms with Crippen LogP contribution in [0.5, 0.6) is 0 Å². The number of carbonyl (C=O) groups is 3. The van der Waals surface area contributed by atoms with Crippen LogP contribution in [0.1, 0.15) is 28.9 Å². The van der Waals surface area contributed by atoms with E-state index in [2.05, 4.69) is 32.3 Å². The van der Waals surface area contributed by atoms with E-state index in [1.165, 1.54) is 17.4 Å². The Labute approximate surface area is 207 Å². The number of hydrogen-bond acceptors (Lipinski definition) is 6. The minimum atomic E-state index is -0.333. The lowest BCUT2D eigenvalue weighted by molar-refractivity contribution is -0.117. The molecule has 1 aliphatic carbocycles. The predicted octanol–water partition coefficient (Wildman–Crippen LogP) is 4.20. The quantitative estimate of drug-likeness (QED) is 0.461. The van der Waals surface area contributed by atoms with Crippen molar-refractivity contribution < 1.29 is 19.1 Å². The first-order valence-electron chi connectivity index (χ1n) is 11.2. The normalized spacial score (nSPS) is 18.3. The van der Waals surface area contributed by atoms with Gasteiger partial charge in [0.1, 0.15) is 9.71 Å². The topological polar surface area (TPSA) is 113 Å². The molecule has 3 aromatic rings. The van der Waals surface area contributed by atoms with Gasteiger partial charge in [-0.3, -0.25) is 14.5 Å². The fraction of sp³-hybridized carbons (Fsp3) is 0.280. The highest BCUT2D eigenvalue weighted by Crippen LogP contribution is 2.45. The van der Waals surface area contributed by atoms with Crippen molar-refractivity contribution in [2.45, 2.75) is 31.3 Å². The Morgan fingerprint density at radius 1 is 1.17 bits per heavy atom. The van der Waals surface area contributed by atoms with Crippen molar-refractivity contribution >= 4 is 56.5 Å². The molecule has 2 atom stereocenters. The smallest absolute Gasteiger partial charge is 0.331 e. The molecule has 182 valence electrons. The van der Waals surface area contributed by atoms with Crippen molar-refractivity contribution in [1.29, 1.82) is 0 Å². The number of carbonyl (C=O) groups excluding carboxylic acids is 3. The standard InChI is InChI=1S/C23H21N5O3S.C2H6O/c1-2-17(29)25-14-9-6-10-15(14)26-21(30)20-19-18-16(11-12-24-22(18)32-20)28(23(31)27-19)13-7-4-3-5-8-13;1-3-2/h2-5,7-8,11-12,14-15H,1,6,9-10H2,(H,25,29)(H,26,30)(H,27,31);1-2H3.